The number of nitrogens with zero attached hydrogens (tertiary/aromatic N) is 2. The second-order valence-electron chi connectivity index (χ2n) is 12.6. The summed E-state index contributed by atoms with van der Waals surface area (Å²) >= 11 is 0. The van der Waals surface area contributed by atoms with Gasteiger partial charge in [-0.15, -0.1) is 0 Å². The van der Waals surface area contributed by atoms with Crippen LogP contribution in [-0.4, -0.2) is 31.0 Å². The van der Waals surface area contributed by atoms with Gasteiger partial charge in [0.2, 0.25) is 11.8 Å². The fourth-order valence-corrected chi connectivity index (χ4v) is 9.45. The van der Waals surface area contributed by atoms with Gasteiger partial charge in [0.25, 0.3) is 10.0 Å². The van der Waals surface area contributed by atoms with Crippen molar-refractivity contribution in [1.29, 1.82) is 0 Å². The zero-order chi connectivity index (χ0) is 26.8. The fraction of sp³-hybridized carbons (Fsp3) is 0.484. The van der Waals surface area contributed by atoms with Crippen molar-refractivity contribution in [2.45, 2.75) is 69.7 Å². The molecule has 7 nitrogen and oxygen atoms in total. The van der Waals surface area contributed by atoms with Crippen LogP contribution in [0.1, 0.15) is 56.1 Å². The number of hydrogen-bond donors (Lipinski definition) is 2. The van der Waals surface area contributed by atoms with E-state index >= 15 is 0 Å². The molecular formula is C31H36N4O3S. The van der Waals surface area contributed by atoms with Gasteiger partial charge in [0.05, 0.1) is 16.6 Å². The molecule has 3 aromatic rings. The van der Waals surface area contributed by atoms with Gasteiger partial charge in [0.1, 0.15) is 6.61 Å². The summed E-state index contributed by atoms with van der Waals surface area (Å²) in [5, 5.41) is 3.66. The van der Waals surface area contributed by atoms with Gasteiger partial charge in [0.15, 0.2) is 0 Å². The number of ether oxygens (including phenoxy) is 1. The number of nitrogens with one attached hydrogen (secondary N) is 2. The predicted molar refractivity (Wildman–Crippen MR) is 152 cm³/mol. The summed E-state index contributed by atoms with van der Waals surface area (Å²) in [5.74, 6) is 3.00. The van der Waals surface area contributed by atoms with Gasteiger partial charge >= 0.3 is 0 Å². The van der Waals surface area contributed by atoms with Crippen molar-refractivity contribution in [3.8, 4) is 17.1 Å². The van der Waals surface area contributed by atoms with Gasteiger partial charge in [-0.3, -0.25) is 0 Å². The van der Waals surface area contributed by atoms with Crippen LogP contribution in [0, 0.1) is 37.0 Å². The molecule has 0 spiro atoms. The standard InChI is InChI=1S/C31H36N4O3S/c1-19-5-3-6-20(2)29(19)27-13-28-34-30(33-27)35-39(36,37)26-8-4-7-24(12-26)32-25(18-38-28)17-31-14-21-9-22(15-31)11-23(10-21)16-31/h3-8,12-13,21-23,25,32H,9-11,14-18H2,1-2H3,(H,33,34,35)/t21?,22?,23?,25-,31?/m0/s1. The lowest BCUT2D eigenvalue weighted by atomic mass is 9.48. The Hall–Kier alpha value is -3.13. The first-order valence-electron chi connectivity index (χ1n) is 14.2. The molecule has 8 heteroatoms. The zero-order valence-electron chi connectivity index (χ0n) is 22.6. The van der Waals surface area contributed by atoms with Crippen LogP contribution < -0.4 is 14.8 Å². The summed E-state index contributed by atoms with van der Waals surface area (Å²) in [6.07, 6.45) is 9.17. The van der Waals surface area contributed by atoms with Crippen molar-refractivity contribution < 1.29 is 13.2 Å². The van der Waals surface area contributed by atoms with Crippen LogP contribution in [0.2, 0.25) is 0 Å². The number of fused-ring (bicyclic) bond motifs is 4. The topological polar surface area (TPSA) is 93.2 Å². The van der Waals surface area contributed by atoms with Crippen LogP contribution in [0.15, 0.2) is 53.4 Å². The largest absolute Gasteiger partial charge is 0.475 e. The molecule has 0 amide bonds. The summed E-state index contributed by atoms with van der Waals surface area (Å²) in [6, 6.07) is 15.0. The van der Waals surface area contributed by atoms with E-state index < -0.39 is 10.0 Å². The molecule has 0 radical (unpaired) electrons. The molecule has 2 aromatic carbocycles. The van der Waals surface area contributed by atoms with E-state index in [4.69, 9.17) is 4.74 Å². The molecule has 8 bridgehead atoms. The number of benzene rings is 2. The highest BCUT2D eigenvalue weighted by Crippen LogP contribution is 2.61. The Morgan fingerprint density at radius 3 is 2.28 bits per heavy atom. The first-order chi connectivity index (χ1) is 18.7. The average molecular weight is 545 g/mol. The van der Waals surface area contributed by atoms with Gasteiger partial charge < -0.3 is 10.1 Å². The lowest BCUT2D eigenvalue weighted by molar-refractivity contribution is -0.0609. The Morgan fingerprint density at radius 1 is 0.923 bits per heavy atom. The molecule has 8 rings (SSSR count). The van der Waals surface area contributed by atoms with Crippen molar-refractivity contribution in [2.24, 2.45) is 23.2 Å². The molecule has 0 saturated heterocycles. The third kappa shape index (κ3) is 4.77. The SMILES string of the molecule is Cc1cccc(C)c1-c1cc2nc(n1)NS(=O)(=O)c1cccc(c1)N[C@@H](CC13CC4CC(CC(C4)C1)C3)CO2. The maximum atomic E-state index is 13.4. The second kappa shape index (κ2) is 9.22. The minimum atomic E-state index is -3.90. The van der Waals surface area contributed by atoms with Crippen LogP contribution in [0.5, 0.6) is 5.88 Å². The second-order valence-corrected chi connectivity index (χ2v) is 14.3. The minimum Gasteiger partial charge on any atom is -0.475 e. The molecule has 5 aliphatic rings. The highest BCUT2D eigenvalue weighted by atomic mass is 32.2. The Bertz CT molecular complexity index is 1480. The van der Waals surface area contributed by atoms with E-state index in [-0.39, 0.29) is 16.9 Å². The minimum absolute atomic E-state index is 0.0155. The van der Waals surface area contributed by atoms with Gasteiger partial charge in [0, 0.05) is 17.3 Å². The van der Waals surface area contributed by atoms with Crippen LogP contribution in [0.4, 0.5) is 11.6 Å². The summed E-state index contributed by atoms with van der Waals surface area (Å²) < 4.78 is 35.7. The van der Waals surface area contributed by atoms with Crippen LogP contribution in [0.3, 0.4) is 0 Å². The van der Waals surface area contributed by atoms with E-state index in [9.17, 15) is 8.42 Å². The number of rotatable bonds is 3. The quantitative estimate of drug-likeness (QED) is 0.400. The van der Waals surface area contributed by atoms with Crippen molar-refractivity contribution in [2.75, 3.05) is 16.6 Å². The number of hydrogen-bond acceptors (Lipinski definition) is 6. The number of anilines is 2. The summed E-state index contributed by atoms with van der Waals surface area (Å²) in [7, 11) is -3.90. The van der Waals surface area contributed by atoms with Crippen molar-refractivity contribution in [3.05, 3.63) is 59.7 Å². The Morgan fingerprint density at radius 2 is 1.59 bits per heavy atom. The lowest BCUT2D eigenvalue weighted by Crippen LogP contribution is -2.48. The predicted octanol–water partition coefficient (Wildman–Crippen LogP) is 6.34. The van der Waals surface area contributed by atoms with Gasteiger partial charge in [-0.2, -0.15) is 4.98 Å². The summed E-state index contributed by atoms with van der Waals surface area (Å²) in [4.78, 5) is 9.31. The number of aryl methyl sites for hydroxylation is 2. The molecular weight excluding hydrogens is 508 g/mol. The van der Waals surface area contributed by atoms with Crippen LogP contribution in [-0.2, 0) is 10.0 Å². The van der Waals surface area contributed by atoms with Gasteiger partial charge in [-0.1, -0.05) is 24.3 Å². The Labute approximate surface area is 230 Å². The molecule has 4 fully saturated rings. The molecule has 4 saturated carbocycles. The highest BCUT2D eigenvalue weighted by molar-refractivity contribution is 7.92. The van der Waals surface area contributed by atoms with E-state index in [1.165, 1.54) is 38.5 Å². The molecule has 39 heavy (non-hydrogen) atoms. The van der Waals surface area contributed by atoms with Crippen LogP contribution in [0.25, 0.3) is 11.3 Å². The molecule has 1 atom stereocenters. The van der Waals surface area contributed by atoms with Crippen molar-refractivity contribution >= 4 is 21.7 Å². The summed E-state index contributed by atoms with van der Waals surface area (Å²) in [5.41, 5.74) is 4.86. The average Bonchev–Trinajstić information content (AvgIpc) is 2.86. The number of aromatic nitrogens is 2. The van der Waals surface area contributed by atoms with E-state index in [1.807, 2.05) is 44.2 Å². The van der Waals surface area contributed by atoms with Crippen LogP contribution >= 0.6 is 0 Å². The van der Waals surface area contributed by atoms with Crippen molar-refractivity contribution in [3.63, 3.8) is 0 Å². The van der Waals surface area contributed by atoms with Crippen molar-refractivity contribution in [1.82, 2.24) is 9.97 Å². The maximum Gasteiger partial charge on any atom is 0.264 e. The maximum absolute atomic E-state index is 13.4. The molecule has 0 unspecified atom stereocenters. The van der Waals surface area contributed by atoms with E-state index in [2.05, 4.69) is 20.0 Å². The molecule has 2 N–H and O–H groups in total. The Balaban J connectivity index is 1.28. The first-order valence-corrected chi connectivity index (χ1v) is 15.7. The monoisotopic (exact) mass is 544 g/mol. The lowest BCUT2D eigenvalue weighted by Gasteiger charge is -2.57. The molecule has 4 aliphatic carbocycles. The molecule has 2 heterocycles. The van der Waals surface area contributed by atoms with Gasteiger partial charge in [-0.05, 0) is 111 Å². The normalized spacial score (nSPS) is 30.3. The highest BCUT2D eigenvalue weighted by Gasteiger charge is 2.51. The smallest absolute Gasteiger partial charge is 0.264 e. The third-order valence-electron chi connectivity index (χ3n) is 9.46. The zero-order valence-corrected chi connectivity index (χ0v) is 23.4. The number of sulfonamides is 1. The van der Waals surface area contributed by atoms with E-state index in [0.717, 1.165) is 46.6 Å². The van der Waals surface area contributed by atoms with E-state index in [1.54, 1.807) is 18.2 Å². The molecule has 1 aromatic heterocycles. The first kappa shape index (κ1) is 24.9. The van der Waals surface area contributed by atoms with E-state index in [0.29, 0.717) is 23.6 Å². The molecule has 204 valence electrons. The van der Waals surface area contributed by atoms with Gasteiger partial charge in [-0.25, -0.2) is 18.1 Å². The fourth-order valence-electron chi connectivity index (χ4n) is 8.46. The molecule has 1 aliphatic heterocycles. The third-order valence-corrected chi connectivity index (χ3v) is 10.8. The Kier molecular flexibility index (Phi) is 5.88. The summed E-state index contributed by atoms with van der Waals surface area (Å²) in [6.45, 7) is 4.51.